The van der Waals surface area contributed by atoms with Crippen LogP contribution in [0.15, 0.2) is 61.2 Å². The van der Waals surface area contributed by atoms with E-state index in [1.807, 2.05) is 0 Å². The van der Waals surface area contributed by atoms with Gasteiger partial charge in [0, 0.05) is 6.54 Å². The number of hydrogen-bond acceptors (Lipinski definition) is 5. The van der Waals surface area contributed by atoms with Gasteiger partial charge in [0.15, 0.2) is 0 Å². The van der Waals surface area contributed by atoms with Crippen LogP contribution in [0.5, 0.6) is 5.75 Å². The molecular formula is C20H23N3O5S. The third-order valence-corrected chi connectivity index (χ3v) is 5.04. The van der Waals surface area contributed by atoms with Gasteiger partial charge in [-0.05, 0) is 36.4 Å². The molecule has 0 saturated heterocycles. The molecule has 0 unspecified atom stereocenters. The van der Waals surface area contributed by atoms with Crippen LogP contribution < -0.4 is 19.7 Å². The Balaban J connectivity index is 2.21. The van der Waals surface area contributed by atoms with E-state index in [0.29, 0.717) is 11.4 Å². The molecule has 2 N–H and O–H groups in total. The van der Waals surface area contributed by atoms with Crippen LogP contribution in [0, 0.1) is 0 Å². The molecule has 0 radical (unpaired) electrons. The molecule has 0 spiro atoms. The second kappa shape index (κ2) is 9.74. The molecule has 0 aliphatic heterocycles. The molecule has 2 aromatic rings. The van der Waals surface area contributed by atoms with E-state index < -0.39 is 22.5 Å². The number of benzene rings is 2. The molecule has 2 amide bonds. The van der Waals surface area contributed by atoms with Crippen molar-refractivity contribution >= 4 is 33.2 Å². The Hall–Kier alpha value is -3.33. The molecular weight excluding hydrogens is 394 g/mol. The largest absolute Gasteiger partial charge is 0.497 e. The summed E-state index contributed by atoms with van der Waals surface area (Å²) < 4.78 is 30.5. The van der Waals surface area contributed by atoms with Crippen LogP contribution in [0.2, 0.25) is 0 Å². The minimum Gasteiger partial charge on any atom is -0.497 e. The Morgan fingerprint density at radius 2 is 1.79 bits per heavy atom. The maximum atomic E-state index is 12.6. The van der Waals surface area contributed by atoms with Gasteiger partial charge >= 0.3 is 0 Å². The summed E-state index contributed by atoms with van der Waals surface area (Å²) in [4.78, 5) is 24.8. The van der Waals surface area contributed by atoms with Crippen LogP contribution in [0.25, 0.3) is 0 Å². The Morgan fingerprint density at radius 3 is 2.38 bits per heavy atom. The fourth-order valence-electron chi connectivity index (χ4n) is 2.52. The first-order valence-electron chi connectivity index (χ1n) is 8.66. The van der Waals surface area contributed by atoms with Crippen molar-refractivity contribution in [3.05, 3.63) is 66.7 Å². The number of nitrogens with one attached hydrogen (secondary N) is 2. The zero-order chi connectivity index (χ0) is 21.4. The Kier molecular flexibility index (Phi) is 7.38. The lowest BCUT2D eigenvalue weighted by molar-refractivity contribution is -0.114. The van der Waals surface area contributed by atoms with Crippen LogP contribution in [0.3, 0.4) is 0 Å². The van der Waals surface area contributed by atoms with Crippen LogP contribution in [0.4, 0.5) is 11.4 Å². The normalized spacial score (nSPS) is 10.7. The number of ether oxygens (including phenoxy) is 1. The predicted molar refractivity (Wildman–Crippen MR) is 113 cm³/mol. The predicted octanol–water partition coefficient (Wildman–Crippen LogP) is 2.02. The van der Waals surface area contributed by atoms with E-state index in [0.717, 1.165) is 10.6 Å². The number of sulfonamides is 1. The van der Waals surface area contributed by atoms with E-state index in [-0.39, 0.29) is 23.7 Å². The summed E-state index contributed by atoms with van der Waals surface area (Å²) in [6.07, 6.45) is 2.55. The molecule has 0 fully saturated rings. The number of methoxy groups -OCH3 is 1. The number of amides is 2. The highest BCUT2D eigenvalue weighted by atomic mass is 32.2. The van der Waals surface area contributed by atoms with Crippen LogP contribution >= 0.6 is 0 Å². The SMILES string of the molecule is C=CCNC(=O)c1ccccc1NC(=O)CN(c1ccc(OC)cc1)S(C)(=O)=O. The topological polar surface area (TPSA) is 105 Å². The second-order valence-electron chi connectivity index (χ2n) is 6.06. The summed E-state index contributed by atoms with van der Waals surface area (Å²) >= 11 is 0. The highest BCUT2D eigenvalue weighted by Gasteiger charge is 2.22. The van der Waals surface area contributed by atoms with Crippen molar-refractivity contribution < 1.29 is 22.7 Å². The fourth-order valence-corrected chi connectivity index (χ4v) is 3.38. The number of para-hydroxylation sites is 1. The molecule has 0 aromatic heterocycles. The number of carbonyl (C=O) groups is 2. The number of rotatable bonds is 9. The summed E-state index contributed by atoms with van der Waals surface area (Å²) in [5.74, 6) is -0.405. The van der Waals surface area contributed by atoms with Crippen molar-refractivity contribution in [3.8, 4) is 5.75 Å². The standard InChI is InChI=1S/C20H23N3O5S/c1-4-13-21-20(25)17-7-5-6-8-18(17)22-19(24)14-23(29(3,26)27)15-9-11-16(28-2)12-10-15/h4-12H,1,13-14H2,2-3H3,(H,21,25)(H,22,24). The van der Waals surface area contributed by atoms with E-state index >= 15 is 0 Å². The molecule has 154 valence electrons. The molecule has 2 rings (SSSR count). The molecule has 0 atom stereocenters. The van der Waals surface area contributed by atoms with Gasteiger partial charge in [0.2, 0.25) is 15.9 Å². The summed E-state index contributed by atoms with van der Waals surface area (Å²) in [5.41, 5.74) is 0.862. The van der Waals surface area contributed by atoms with Crippen molar-refractivity contribution in [1.82, 2.24) is 5.32 Å². The quantitative estimate of drug-likeness (QED) is 0.608. The van der Waals surface area contributed by atoms with Gasteiger partial charge in [0.1, 0.15) is 12.3 Å². The van der Waals surface area contributed by atoms with E-state index in [9.17, 15) is 18.0 Å². The van der Waals surface area contributed by atoms with Gasteiger partial charge in [-0.3, -0.25) is 13.9 Å². The number of nitrogens with zero attached hydrogens (tertiary/aromatic N) is 1. The van der Waals surface area contributed by atoms with E-state index in [1.54, 1.807) is 48.5 Å². The van der Waals surface area contributed by atoms with Gasteiger partial charge in [0.25, 0.3) is 5.91 Å². The fraction of sp³-hybridized carbons (Fsp3) is 0.200. The third kappa shape index (κ3) is 6.08. The van der Waals surface area contributed by atoms with E-state index in [4.69, 9.17) is 4.74 Å². The molecule has 2 aromatic carbocycles. The number of hydrogen-bond donors (Lipinski definition) is 2. The van der Waals surface area contributed by atoms with Gasteiger partial charge in [-0.15, -0.1) is 6.58 Å². The molecule has 29 heavy (non-hydrogen) atoms. The van der Waals surface area contributed by atoms with Crippen molar-refractivity contribution in [2.45, 2.75) is 0 Å². The molecule has 0 saturated carbocycles. The van der Waals surface area contributed by atoms with Gasteiger partial charge in [-0.25, -0.2) is 8.42 Å². The molecule has 0 heterocycles. The molecule has 8 nitrogen and oxygen atoms in total. The monoisotopic (exact) mass is 417 g/mol. The maximum absolute atomic E-state index is 12.6. The highest BCUT2D eigenvalue weighted by Crippen LogP contribution is 2.22. The minimum absolute atomic E-state index is 0.262. The first-order chi connectivity index (χ1) is 13.8. The lowest BCUT2D eigenvalue weighted by atomic mass is 10.1. The zero-order valence-corrected chi connectivity index (χ0v) is 17.0. The lowest BCUT2D eigenvalue weighted by Crippen LogP contribution is -2.37. The average molecular weight is 417 g/mol. The number of carbonyl (C=O) groups excluding carboxylic acids is 2. The van der Waals surface area contributed by atoms with E-state index in [2.05, 4.69) is 17.2 Å². The third-order valence-electron chi connectivity index (χ3n) is 3.90. The summed E-state index contributed by atoms with van der Waals surface area (Å²) in [7, 11) is -2.22. The van der Waals surface area contributed by atoms with Crippen molar-refractivity contribution in [2.24, 2.45) is 0 Å². The number of anilines is 2. The zero-order valence-electron chi connectivity index (χ0n) is 16.2. The Bertz CT molecular complexity index is 987. The minimum atomic E-state index is -3.72. The Labute approximate surface area is 170 Å². The summed E-state index contributed by atoms with van der Waals surface area (Å²) in [6, 6.07) is 12.8. The first kappa shape index (κ1) is 22.0. The van der Waals surface area contributed by atoms with Crippen molar-refractivity contribution in [1.29, 1.82) is 0 Å². The molecule has 0 aliphatic carbocycles. The maximum Gasteiger partial charge on any atom is 0.253 e. The van der Waals surface area contributed by atoms with E-state index in [1.165, 1.54) is 13.2 Å². The average Bonchev–Trinajstić information content (AvgIpc) is 2.70. The Morgan fingerprint density at radius 1 is 1.14 bits per heavy atom. The van der Waals surface area contributed by atoms with Crippen molar-refractivity contribution in [3.63, 3.8) is 0 Å². The van der Waals surface area contributed by atoms with Gasteiger partial charge in [-0.1, -0.05) is 18.2 Å². The molecule has 9 heteroatoms. The molecule has 0 bridgehead atoms. The molecule has 0 aliphatic rings. The van der Waals surface area contributed by atoms with Gasteiger partial charge in [0.05, 0.1) is 30.3 Å². The lowest BCUT2D eigenvalue weighted by Gasteiger charge is -2.22. The smallest absolute Gasteiger partial charge is 0.253 e. The van der Waals surface area contributed by atoms with Crippen molar-refractivity contribution in [2.75, 3.05) is 36.1 Å². The first-order valence-corrected chi connectivity index (χ1v) is 10.5. The van der Waals surface area contributed by atoms with Gasteiger partial charge < -0.3 is 15.4 Å². The van der Waals surface area contributed by atoms with Crippen LogP contribution in [-0.2, 0) is 14.8 Å². The summed E-state index contributed by atoms with van der Waals surface area (Å²) in [5, 5.41) is 5.24. The summed E-state index contributed by atoms with van der Waals surface area (Å²) in [6.45, 7) is 3.37. The van der Waals surface area contributed by atoms with Gasteiger partial charge in [-0.2, -0.15) is 0 Å². The van der Waals surface area contributed by atoms with Crippen LogP contribution in [0.1, 0.15) is 10.4 Å². The highest BCUT2D eigenvalue weighted by molar-refractivity contribution is 7.92. The van der Waals surface area contributed by atoms with Crippen LogP contribution in [-0.4, -0.2) is 46.7 Å². The second-order valence-corrected chi connectivity index (χ2v) is 7.97.